The molecule has 2 rings (SSSR count). The molecule has 1 aliphatic rings. The quantitative estimate of drug-likeness (QED) is 0.658. The Morgan fingerprint density at radius 2 is 2.10 bits per heavy atom. The number of hydrogen-bond donors (Lipinski definition) is 2. The second-order valence-electron chi connectivity index (χ2n) is 7.05. The number of ether oxygens (including phenoxy) is 1. The molecule has 0 saturated heterocycles. The minimum atomic E-state index is -0.338. The minimum Gasteiger partial charge on any atom is -0.465 e. The van der Waals surface area contributed by atoms with Gasteiger partial charge >= 0.3 is 5.97 Å². The van der Waals surface area contributed by atoms with Gasteiger partial charge in [-0.2, -0.15) is 0 Å². The van der Waals surface area contributed by atoms with Crippen molar-refractivity contribution in [3.05, 3.63) is 23.8 Å². The average molecular weight is 290 g/mol. The number of carbonyl (C=O) groups is 1. The van der Waals surface area contributed by atoms with Crippen LogP contribution < -0.4 is 11.1 Å². The van der Waals surface area contributed by atoms with Crippen molar-refractivity contribution in [2.24, 2.45) is 11.3 Å². The van der Waals surface area contributed by atoms with Gasteiger partial charge < -0.3 is 15.8 Å². The highest BCUT2D eigenvalue weighted by Crippen LogP contribution is 2.40. The molecule has 1 aromatic rings. The van der Waals surface area contributed by atoms with E-state index in [1.165, 1.54) is 13.5 Å². The minimum absolute atomic E-state index is 0.337. The first-order valence-electron chi connectivity index (χ1n) is 7.55. The molecule has 0 radical (unpaired) electrons. The molecule has 1 aliphatic carbocycles. The van der Waals surface area contributed by atoms with Crippen LogP contribution in [0.3, 0.4) is 0 Å². The Kier molecular flexibility index (Phi) is 4.45. The van der Waals surface area contributed by atoms with E-state index >= 15 is 0 Å². The van der Waals surface area contributed by atoms with E-state index in [1.54, 1.807) is 18.2 Å². The van der Waals surface area contributed by atoms with Crippen LogP contribution in [-0.2, 0) is 4.74 Å². The van der Waals surface area contributed by atoms with Crippen LogP contribution >= 0.6 is 0 Å². The van der Waals surface area contributed by atoms with Crippen molar-refractivity contribution in [3.63, 3.8) is 0 Å². The molecule has 1 saturated carbocycles. The molecule has 21 heavy (non-hydrogen) atoms. The third-order valence-electron chi connectivity index (χ3n) is 4.22. The number of methoxy groups -OCH3 is 1. The Labute approximate surface area is 127 Å². The van der Waals surface area contributed by atoms with E-state index in [1.807, 2.05) is 0 Å². The summed E-state index contributed by atoms with van der Waals surface area (Å²) in [6.45, 7) is 6.92. The van der Waals surface area contributed by atoms with Crippen LogP contribution in [-0.4, -0.2) is 19.1 Å². The number of esters is 1. The molecule has 0 unspecified atom stereocenters. The van der Waals surface area contributed by atoms with Gasteiger partial charge in [-0.05, 0) is 48.8 Å². The van der Waals surface area contributed by atoms with E-state index < -0.39 is 0 Å². The fourth-order valence-corrected chi connectivity index (χ4v) is 3.60. The lowest BCUT2D eigenvalue weighted by atomic mass is 9.70. The summed E-state index contributed by atoms with van der Waals surface area (Å²) in [5.41, 5.74) is 8.39. The van der Waals surface area contributed by atoms with Crippen molar-refractivity contribution in [3.8, 4) is 0 Å². The van der Waals surface area contributed by atoms with Crippen molar-refractivity contribution < 1.29 is 9.53 Å². The standard InChI is InChI=1S/C17H26N2O2/c1-11-7-13(10-17(2,3)9-11)19-15-8-12(16(20)21-4)5-6-14(15)18/h5-6,8,11,13,19H,7,9-10,18H2,1-4H3/t11-,13-/m1/s1. The van der Waals surface area contributed by atoms with Gasteiger partial charge in [-0.15, -0.1) is 0 Å². The molecule has 0 bridgehead atoms. The van der Waals surface area contributed by atoms with Crippen molar-refractivity contribution >= 4 is 17.3 Å². The molecule has 0 aromatic heterocycles. The van der Waals surface area contributed by atoms with Crippen LogP contribution in [0.1, 0.15) is 50.4 Å². The van der Waals surface area contributed by atoms with Crippen molar-refractivity contribution in [2.75, 3.05) is 18.2 Å². The summed E-state index contributed by atoms with van der Waals surface area (Å²) >= 11 is 0. The highest BCUT2D eigenvalue weighted by molar-refractivity contribution is 5.92. The number of hydrogen-bond acceptors (Lipinski definition) is 4. The molecule has 0 heterocycles. The molecule has 116 valence electrons. The maximum absolute atomic E-state index is 11.6. The van der Waals surface area contributed by atoms with Crippen LogP contribution in [0.15, 0.2) is 18.2 Å². The second kappa shape index (κ2) is 5.96. The topological polar surface area (TPSA) is 64.3 Å². The van der Waals surface area contributed by atoms with Gasteiger partial charge in [0.1, 0.15) is 0 Å². The second-order valence-corrected chi connectivity index (χ2v) is 7.05. The molecule has 1 aromatic carbocycles. The summed E-state index contributed by atoms with van der Waals surface area (Å²) in [7, 11) is 1.39. The molecular formula is C17H26N2O2. The fourth-order valence-electron chi connectivity index (χ4n) is 3.60. The van der Waals surface area contributed by atoms with Gasteiger partial charge in [0.05, 0.1) is 24.0 Å². The molecule has 0 aliphatic heterocycles. The van der Waals surface area contributed by atoms with Gasteiger partial charge in [-0.3, -0.25) is 0 Å². The maximum atomic E-state index is 11.6. The van der Waals surface area contributed by atoms with E-state index in [0.29, 0.717) is 28.6 Å². The first-order chi connectivity index (χ1) is 9.80. The molecule has 2 atom stereocenters. The largest absolute Gasteiger partial charge is 0.465 e. The summed E-state index contributed by atoms with van der Waals surface area (Å²) in [4.78, 5) is 11.6. The number of carbonyl (C=O) groups excluding carboxylic acids is 1. The Balaban J connectivity index is 2.17. The zero-order valence-corrected chi connectivity index (χ0v) is 13.4. The molecule has 0 spiro atoms. The van der Waals surface area contributed by atoms with Crippen LogP contribution in [0.5, 0.6) is 0 Å². The monoisotopic (exact) mass is 290 g/mol. The van der Waals surface area contributed by atoms with Crippen molar-refractivity contribution in [1.82, 2.24) is 0 Å². The van der Waals surface area contributed by atoms with E-state index in [9.17, 15) is 4.79 Å². The first kappa shape index (κ1) is 15.7. The molecule has 4 heteroatoms. The van der Waals surface area contributed by atoms with E-state index in [-0.39, 0.29) is 5.97 Å². The van der Waals surface area contributed by atoms with Crippen LogP contribution in [0.2, 0.25) is 0 Å². The lowest BCUT2D eigenvalue weighted by Crippen LogP contribution is -2.35. The van der Waals surface area contributed by atoms with E-state index in [2.05, 4.69) is 26.1 Å². The highest BCUT2D eigenvalue weighted by atomic mass is 16.5. The van der Waals surface area contributed by atoms with Crippen LogP contribution in [0.4, 0.5) is 11.4 Å². The molecule has 1 fully saturated rings. The zero-order valence-electron chi connectivity index (χ0n) is 13.4. The summed E-state index contributed by atoms with van der Waals surface area (Å²) in [6, 6.07) is 5.62. The Hall–Kier alpha value is -1.71. The lowest BCUT2D eigenvalue weighted by Gasteiger charge is -2.39. The number of anilines is 2. The SMILES string of the molecule is COC(=O)c1ccc(N)c(N[C@@H]2C[C@@H](C)CC(C)(C)C2)c1. The molecule has 3 N–H and O–H groups in total. The summed E-state index contributed by atoms with van der Waals surface area (Å²) in [5.74, 6) is 0.353. The molecule has 0 amide bonds. The van der Waals surface area contributed by atoms with Gasteiger partial charge in [0.25, 0.3) is 0 Å². The Morgan fingerprint density at radius 3 is 2.71 bits per heavy atom. The van der Waals surface area contributed by atoms with E-state index in [0.717, 1.165) is 18.5 Å². The van der Waals surface area contributed by atoms with Crippen LogP contribution in [0.25, 0.3) is 0 Å². The predicted molar refractivity (Wildman–Crippen MR) is 86.4 cm³/mol. The van der Waals surface area contributed by atoms with Gasteiger partial charge in [0.2, 0.25) is 0 Å². The number of rotatable bonds is 3. The van der Waals surface area contributed by atoms with Crippen LogP contribution in [0, 0.1) is 11.3 Å². The van der Waals surface area contributed by atoms with Gasteiger partial charge in [-0.1, -0.05) is 20.8 Å². The smallest absolute Gasteiger partial charge is 0.337 e. The first-order valence-corrected chi connectivity index (χ1v) is 7.55. The normalized spacial score (nSPS) is 24.4. The summed E-state index contributed by atoms with van der Waals surface area (Å²) < 4.78 is 4.76. The third-order valence-corrected chi connectivity index (χ3v) is 4.22. The average Bonchev–Trinajstić information content (AvgIpc) is 2.38. The van der Waals surface area contributed by atoms with Gasteiger partial charge in [-0.25, -0.2) is 4.79 Å². The summed E-state index contributed by atoms with van der Waals surface area (Å²) in [5, 5.41) is 3.52. The number of nitrogens with one attached hydrogen (secondary N) is 1. The zero-order chi connectivity index (χ0) is 15.6. The van der Waals surface area contributed by atoms with Crippen molar-refractivity contribution in [2.45, 2.75) is 46.1 Å². The number of benzene rings is 1. The highest BCUT2D eigenvalue weighted by Gasteiger charge is 2.32. The maximum Gasteiger partial charge on any atom is 0.337 e. The number of nitrogens with two attached hydrogens (primary N) is 1. The van der Waals surface area contributed by atoms with Crippen molar-refractivity contribution in [1.29, 1.82) is 0 Å². The fraction of sp³-hybridized carbons (Fsp3) is 0.588. The van der Waals surface area contributed by atoms with Gasteiger partial charge in [0, 0.05) is 6.04 Å². The summed E-state index contributed by atoms with van der Waals surface area (Å²) in [6.07, 6.45) is 3.49. The molecular weight excluding hydrogens is 264 g/mol. The molecule has 4 nitrogen and oxygen atoms in total. The third kappa shape index (κ3) is 3.90. The number of nitrogen functional groups attached to an aromatic ring is 1. The lowest BCUT2D eigenvalue weighted by molar-refractivity contribution is 0.0601. The van der Waals surface area contributed by atoms with E-state index in [4.69, 9.17) is 10.5 Å². The Bertz CT molecular complexity index is 526. The predicted octanol–water partition coefficient (Wildman–Crippen LogP) is 3.68. The van der Waals surface area contributed by atoms with Gasteiger partial charge in [0.15, 0.2) is 0 Å². The Morgan fingerprint density at radius 1 is 1.38 bits per heavy atom.